The fraction of sp³-hybridized carbons (Fsp3) is 0.500. The fourth-order valence-electron chi connectivity index (χ4n) is 5.22. The zero-order valence-electron chi connectivity index (χ0n) is 19.4. The van der Waals surface area contributed by atoms with Crippen molar-refractivity contribution in [2.45, 2.75) is 57.4 Å². The molecule has 1 amide bonds. The summed E-state index contributed by atoms with van der Waals surface area (Å²) in [4.78, 5) is 26.7. The van der Waals surface area contributed by atoms with Crippen molar-refractivity contribution in [3.8, 4) is 0 Å². The molecule has 3 heterocycles. The number of pyridine rings is 1. The summed E-state index contributed by atoms with van der Waals surface area (Å²) in [5.41, 5.74) is 3.16. The van der Waals surface area contributed by atoms with Crippen LogP contribution < -0.4 is 0 Å². The molecular weight excluding hydrogens is 414 g/mol. The zero-order valence-corrected chi connectivity index (χ0v) is 19.4. The van der Waals surface area contributed by atoms with Gasteiger partial charge in [-0.05, 0) is 36.6 Å². The van der Waals surface area contributed by atoms with Crippen molar-refractivity contribution >= 4 is 16.9 Å². The van der Waals surface area contributed by atoms with Crippen LogP contribution in [0.3, 0.4) is 0 Å². The van der Waals surface area contributed by atoms with Crippen LogP contribution in [-0.2, 0) is 29.7 Å². The Balaban J connectivity index is 1.35. The SMILES string of the molecule is Cn1c(CN2CC(=O)N(C3CCCCC3)CC(OCc3cccnc3)C2)nc2ccccc21. The Morgan fingerprint density at radius 3 is 2.70 bits per heavy atom. The Hall–Kier alpha value is -2.77. The summed E-state index contributed by atoms with van der Waals surface area (Å²) in [5.74, 6) is 1.19. The lowest BCUT2D eigenvalue weighted by molar-refractivity contribution is -0.135. The molecule has 0 radical (unpaired) electrons. The average Bonchev–Trinajstić information content (AvgIpc) is 3.06. The largest absolute Gasteiger partial charge is 0.370 e. The summed E-state index contributed by atoms with van der Waals surface area (Å²) in [7, 11) is 2.05. The molecular formula is C26H33N5O2. The van der Waals surface area contributed by atoms with Gasteiger partial charge in [0, 0.05) is 38.6 Å². The molecule has 2 aliphatic rings. The molecule has 33 heavy (non-hydrogen) atoms. The Labute approximate surface area is 195 Å². The number of imidazole rings is 1. The first kappa shape index (κ1) is 22.0. The van der Waals surface area contributed by atoms with Crippen LogP contribution >= 0.6 is 0 Å². The van der Waals surface area contributed by atoms with Crippen molar-refractivity contribution in [1.29, 1.82) is 0 Å². The predicted octanol–water partition coefficient (Wildman–Crippen LogP) is 3.53. The van der Waals surface area contributed by atoms with Crippen LogP contribution in [0.25, 0.3) is 11.0 Å². The molecule has 2 fully saturated rings. The maximum atomic E-state index is 13.4. The second kappa shape index (κ2) is 10.0. The summed E-state index contributed by atoms with van der Waals surface area (Å²) in [5, 5.41) is 0. The van der Waals surface area contributed by atoms with Gasteiger partial charge in [0.25, 0.3) is 0 Å². The van der Waals surface area contributed by atoms with Gasteiger partial charge in [0.05, 0.1) is 36.8 Å². The Morgan fingerprint density at radius 2 is 1.91 bits per heavy atom. The van der Waals surface area contributed by atoms with Crippen molar-refractivity contribution < 1.29 is 9.53 Å². The van der Waals surface area contributed by atoms with E-state index in [0.29, 0.717) is 38.8 Å². The molecule has 174 valence electrons. The van der Waals surface area contributed by atoms with E-state index < -0.39 is 0 Å². The van der Waals surface area contributed by atoms with E-state index in [1.54, 1.807) is 6.20 Å². The number of para-hydroxylation sites is 2. The number of amides is 1. The molecule has 1 saturated carbocycles. The predicted molar refractivity (Wildman–Crippen MR) is 127 cm³/mol. The van der Waals surface area contributed by atoms with Crippen LogP contribution in [0.5, 0.6) is 0 Å². The van der Waals surface area contributed by atoms with Crippen LogP contribution in [0.1, 0.15) is 43.5 Å². The van der Waals surface area contributed by atoms with E-state index in [4.69, 9.17) is 9.72 Å². The first-order chi connectivity index (χ1) is 16.2. The Kier molecular flexibility index (Phi) is 6.69. The molecule has 1 aliphatic carbocycles. The summed E-state index contributed by atoms with van der Waals surface area (Å²) < 4.78 is 8.51. The monoisotopic (exact) mass is 447 g/mol. The number of carbonyl (C=O) groups excluding carboxylic acids is 1. The standard InChI is InChI=1S/C26H33N5O2/c1-29-24-12-6-5-11-23(24)28-25(29)17-30-15-22(33-19-20-8-7-13-27-14-20)16-31(26(32)18-30)21-9-3-2-4-10-21/h5-8,11-14,21-22H,2-4,9-10,15-19H2,1H3. The van der Waals surface area contributed by atoms with Crippen molar-refractivity contribution in [2.24, 2.45) is 7.05 Å². The molecule has 1 aromatic carbocycles. The van der Waals surface area contributed by atoms with Crippen LogP contribution in [0.15, 0.2) is 48.8 Å². The highest BCUT2D eigenvalue weighted by molar-refractivity contribution is 5.79. The zero-order chi connectivity index (χ0) is 22.6. The van der Waals surface area contributed by atoms with E-state index in [2.05, 4.69) is 32.5 Å². The minimum Gasteiger partial charge on any atom is -0.370 e. The van der Waals surface area contributed by atoms with Crippen molar-refractivity contribution in [3.05, 3.63) is 60.2 Å². The minimum absolute atomic E-state index is 0.0479. The molecule has 0 spiro atoms. The molecule has 3 aromatic rings. The second-order valence-electron chi connectivity index (χ2n) is 9.38. The molecule has 2 aromatic heterocycles. The van der Waals surface area contributed by atoms with Gasteiger partial charge < -0.3 is 14.2 Å². The van der Waals surface area contributed by atoms with Crippen LogP contribution in [0.4, 0.5) is 0 Å². The van der Waals surface area contributed by atoms with Gasteiger partial charge >= 0.3 is 0 Å². The molecule has 0 bridgehead atoms. The molecule has 1 atom stereocenters. The van der Waals surface area contributed by atoms with E-state index in [1.165, 1.54) is 19.3 Å². The molecule has 1 aliphatic heterocycles. The quantitative estimate of drug-likeness (QED) is 0.579. The Morgan fingerprint density at radius 1 is 1.06 bits per heavy atom. The van der Waals surface area contributed by atoms with Gasteiger partial charge in [-0.25, -0.2) is 4.98 Å². The molecule has 1 saturated heterocycles. The third-order valence-electron chi connectivity index (χ3n) is 7.01. The smallest absolute Gasteiger partial charge is 0.237 e. The van der Waals surface area contributed by atoms with Gasteiger partial charge in [-0.3, -0.25) is 14.7 Å². The molecule has 0 N–H and O–H groups in total. The summed E-state index contributed by atoms with van der Waals surface area (Å²) in [6, 6.07) is 12.5. The first-order valence-corrected chi connectivity index (χ1v) is 12.1. The number of carbonyl (C=O) groups is 1. The maximum absolute atomic E-state index is 13.4. The molecule has 5 rings (SSSR count). The van der Waals surface area contributed by atoms with Gasteiger partial charge in [-0.2, -0.15) is 0 Å². The van der Waals surface area contributed by atoms with Gasteiger partial charge in [0.2, 0.25) is 5.91 Å². The lowest BCUT2D eigenvalue weighted by atomic mass is 9.94. The summed E-state index contributed by atoms with van der Waals surface area (Å²) >= 11 is 0. The van der Waals surface area contributed by atoms with E-state index in [1.807, 2.05) is 36.5 Å². The molecule has 1 unspecified atom stereocenters. The summed E-state index contributed by atoms with van der Waals surface area (Å²) in [6.45, 7) is 2.90. The highest BCUT2D eigenvalue weighted by Gasteiger charge is 2.33. The molecule has 7 nitrogen and oxygen atoms in total. The number of fused-ring (bicyclic) bond motifs is 1. The number of aromatic nitrogens is 3. The van der Waals surface area contributed by atoms with E-state index in [9.17, 15) is 4.79 Å². The normalized spacial score (nSPS) is 20.9. The number of aryl methyl sites for hydroxylation is 1. The van der Waals surface area contributed by atoms with Crippen molar-refractivity contribution in [3.63, 3.8) is 0 Å². The van der Waals surface area contributed by atoms with Crippen LogP contribution in [-0.4, -0.2) is 62.0 Å². The number of hydrogen-bond donors (Lipinski definition) is 0. The lowest BCUT2D eigenvalue weighted by Gasteiger charge is -2.35. The first-order valence-electron chi connectivity index (χ1n) is 12.1. The third kappa shape index (κ3) is 5.09. The number of benzene rings is 1. The van der Waals surface area contributed by atoms with Gasteiger partial charge in [0.15, 0.2) is 0 Å². The highest BCUT2D eigenvalue weighted by Crippen LogP contribution is 2.25. The fourth-order valence-corrected chi connectivity index (χ4v) is 5.22. The van der Waals surface area contributed by atoms with Gasteiger partial charge in [-0.15, -0.1) is 0 Å². The molecule has 7 heteroatoms. The minimum atomic E-state index is -0.0479. The van der Waals surface area contributed by atoms with E-state index in [0.717, 1.165) is 35.3 Å². The number of nitrogens with zero attached hydrogens (tertiary/aromatic N) is 5. The van der Waals surface area contributed by atoms with Gasteiger partial charge in [0.1, 0.15) is 5.82 Å². The number of rotatable bonds is 6. The van der Waals surface area contributed by atoms with Crippen LogP contribution in [0, 0.1) is 0 Å². The van der Waals surface area contributed by atoms with Crippen molar-refractivity contribution in [2.75, 3.05) is 19.6 Å². The topological polar surface area (TPSA) is 63.5 Å². The van der Waals surface area contributed by atoms with Gasteiger partial charge in [-0.1, -0.05) is 37.5 Å². The lowest BCUT2D eigenvalue weighted by Crippen LogP contribution is -2.45. The number of ether oxygens (including phenoxy) is 1. The average molecular weight is 448 g/mol. The highest BCUT2D eigenvalue weighted by atomic mass is 16.5. The second-order valence-corrected chi connectivity index (χ2v) is 9.38. The van der Waals surface area contributed by atoms with Crippen molar-refractivity contribution in [1.82, 2.24) is 24.3 Å². The summed E-state index contributed by atoms with van der Waals surface area (Å²) in [6.07, 6.45) is 9.47. The maximum Gasteiger partial charge on any atom is 0.237 e. The number of hydrogen-bond acceptors (Lipinski definition) is 5. The van der Waals surface area contributed by atoms with Crippen LogP contribution in [0.2, 0.25) is 0 Å². The van der Waals surface area contributed by atoms with E-state index in [-0.39, 0.29) is 12.0 Å². The van der Waals surface area contributed by atoms with E-state index >= 15 is 0 Å². The third-order valence-corrected chi connectivity index (χ3v) is 7.01. The Bertz CT molecular complexity index is 1080.